The van der Waals surface area contributed by atoms with Crippen molar-refractivity contribution in [2.45, 2.75) is 44.6 Å². The van der Waals surface area contributed by atoms with E-state index in [4.69, 9.17) is 5.73 Å². The number of hydrogen-bond donors (Lipinski definition) is 2. The summed E-state index contributed by atoms with van der Waals surface area (Å²) in [6.45, 7) is 1.95. The van der Waals surface area contributed by atoms with Crippen LogP contribution in [0.1, 0.15) is 37.7 Å². The minimum Gasteiger partial charge on any atom is -0.325 e. The van der Waals surface area contributed by atoms with E-state index in [1.165, 1.54) is 0 Å². The number of hydrogen-bond acceptors (Lipinski definition) is 3. The van der Waals surface area contributed by atoms with Crippen LogP contribution >= 0.6 is 0 Å². The molecule has 0 aromatic carbocycles. The average Bonchev–Trinajstić information content (AvgIpc) is 2.64. The predicted octanol–water partition coefficient (Wildman–Crippen LogP) is 1.99. The summed E-state index contributed by atoms with van der Waals surface area (Å²) >= 11 is 0. The largest absolute Gasteiger partial charge is 0.325 e. The van der Waals surface area contributed by atoms with Crippen LogP contribution in [0.5, 0.6) is 0 Å². The fraction of sp³-hybridized carbons (Fsp3) is 0.538. The van der Waals surface area contributed by atoms with Gasteiger partial charge >= 0.3 is 0 Å². The Hall–Kier alpha value is -1.42. The van der Waals surface area contributed by atoms with Crippen molar-refractivity contribution in [3.63, 3.8) is 0 Å². The maximum atomic E-state index is 11.9. The van der Waals surface area contributed by atoms with E-state index in [1.807, 2.05) is 13.0 Å². The number of carbonyl (C=O) groups excluding carboxylic acids is 1. The second-order valence-electron chi connectivity index (χ2n) is 5.05. The number of pyridine rings is 1. The van der Waals surface area contributed by atoms with Crippen LogP contribution < -0.4 is 11.1 Å². The van der Waals surface area contributed by atoms with Crippen LogP contribution in [0.2, 0.25) is 0 Å². The molecule has 0 bridgehead atoms. The first kappa shape index (κ1) is 12.0. The Morgan fingerprint density at radius 2 is 2.18 bits per heavy atom. The molecule has 4 nitrogen and oxygen atoms in total. The highest BCUT2D eigenvalue weighted by Gasteiger charge is 2.31. The molecule has 0 aliphatic heterocycles. The first-order valence-electron chi connectivity index (χ1n) is 6.08. The van der Waals surface area contributed by atoms with Crippen LogP contribution in [-0.2, 0) is 4.79 Å². The van der Waals surface area contributed by atoms with E-state index in [0.717, 1.165) is 36.9 Å². The zero-order chi connectivity index (χ0) is 12.3. The molecule has 1 aliphatic rings. The Morgan fingerprint density at radius 1 is 1.47 bits per heavy atom. The van der Waals surface area contributed by atoms with Crippen molar-refractivity contribution in [3.8, 4) is 0 Å². The molecule has 1 aromatic rings. The molecule has 0 radical (unpaired) electrons. The van der Waals surface area contributed by atoms with E-state index >= 15 is 0 Å². The minimum absolute atomic E-state index is 0.0122. The van der Waals surface area contributed by atoms with Gasteiger partial charge in [-0.25, -0.2) is 0 Å². The van der Waals surface area contributed by atoms with E-state index in [9.17, 15) is 4.79 Å². The summed E-state index contributed by atoms with van der Waals surface area (Å²) in [7, 11) is 0. The van der Waals surface area contributed by atoms with Crippen LogP contribution in [0.25, 0.3) is 0 Å². The Labute approximate surface area is 102 Å². The highest BCUT2D eigenvalue weighted by molar-refractivity contribution is 5.91. The fourth-order valence-electron chi connectivity index (χ4n) is 2.40. The Balaban J connectivity index is 1.93. The number of aryl methyl sites for hydroxylation is 1. The maximum absolute atomic E-state index is 11.9. The lowest BCUT2D eigenvalue weighted by atomic mass is 9.94. The predicted molar refractivity (Wildman–Crippen MR) is 67.6 cm³/mol. The Kier molecular flexibility index (Phi) is 3.43. The van der Waals surface area contributed by atoms with Crippen molar-refractivity contribution in [1.29, 1.82) is 0 Å². The van der Waals surface area contributed by atoms with Gasteiger partial charge in [0.15, 0.2) is 0 Å². The third kappa shape index (κ3) is 3.27. The minimum atomic E-state index is -0.290. The third-order valence-electron chi connectivity index (χ3n) is 3.27. The molecular formula is C13H19N3O. The van der Waals surface area contributed by atoms with Gasteiger partial charge in [-0.2, -0.15) is 0 Å². The molecule has 4 heteroatoms. The lowest BCUT2D eigenvalue weighted by molar-refractivity contribution is -0.117. The first-order valence-corrected chi connectivity index (χ1v) is 6.08. The number of amides is 1. The summed E-state index contributed by atoms with van der Waals surface area (Å²) in [5, 5.41) is 2.85. The lowest BCUT2D eigenvalue weighted by Gasteiger charge is -2.22. The number of anilines is 1. The second-order valence-corrected chi connectivity index (χ2v) is 5.05. The van der Waals surface area contributed by atoms with Crippen LogP contribution in [0, 0.1) is 6.92 Å². The second kappa shape index (κ2) is 4.84. The van der Waals surface area contributed by atoms with Crippen LogP contribution in [-0.4, -0.2) is 16.4 Å². The van der Waals surface area contributed by atoms with Crippen molar-refractivity contribution in [3.05, 3.63) is 24.0 Å². The van der Waals surface area contributed by atoms with E-state index in [0.29, 0.717) is 6.42 Å². The Morgan fingerprint density at radius 3 is 2.82 bits per heavy atom. The lowest BCUT2D eigenvalue weighted by Crippen LogP contribution is -2.40. The SMILES string of the molecule is Cc1cncc(NC(=O)CC2(N)CCCC2)c1. The topological polar surface area (TPSA) is 68.0 Å². The molecule has 0 atom stereocenters. The number of nitrogens with one attached hydrogen (secondary N) is 1. The molecule has 1 heterocycles. The van der Waals surface area contributed by atoms with Gasteiger partial charge in [0, 0.05) is 18.2 Å². The number of nitrogens with two attached hydrogens (primary N) is 1. The van der Waals surface area contributed by atoms with Crippen molar-refractivity contribution >= 4 is 11.6 Å². The fourth-order valence-corrected chi connectivity index (χ4v) is 2.40. The third-order valence-corrected chi connectivity index (χ3v) is 3.27. The highest BCUT2D eigenvalue weighted by atomic mass is 16.1. The molecule has 0 unspecified atom stereocenters. The summed E-state index contributed by atoms with van der Waals surface area (Å²) in [6.07, 6.45) is 7.99. The summed E-state index contributed by atoms with van der Waals surface area (Å²) in [5.74, 6) is -0.0122. The molecule has 1 aliphatic carbocycles. The van der Waals surface area contributed by atoms with E-state index < -0.39 is 0 Å². The zero-order valence-electron chi connectivity index (χ0n) is 10.2. The zero-order valence-corrected chi connectivity index (χ0v) is 10.2. The molecule has 0 spiro atoms. The molecule has 1 amide bonds. The molecule has 0 saturated heterocycles. The normalized spacial score (nSPS) is 18.0. The molecule has 92 valence electrons. The monoisotopic (exact) mass is 233 g/mol. The van der Waals surface area contributed by atoms with E-state index in [2.05, 4.69) is 10.3 Å². The smallest absolute Gasteiger partial charge is 0.226 e. The van der Waals surface area contributed by atoms with E-state index in [1.54, 1.807) is 12.4 Å². The number of aromatic nitrogens is 1. The molecule has 1 aromatic heterocycles. The maximum Gasteiger partial charge on any atom is 0.226 e. The van der Waals surface area contributed by atoms with Crippen LogP contribution in [0.3, 0.4) is 0 Å². The van der Waals surface area contributed by atoms with Gasteiger partial charge in [0.2, 0.25) is 5.91 Å². The summed E-state index contributed by atoms with van der Waals surface area (Å²) < 4.78 is 0. The van der Waals surface area contributed by atoms with Gasteiger partial charge in [-0.05, 0) is 31.4 Å². The summed E-state index contributed by atoms with van der Waals surface area (Å²) in [4.78, 5) is 15.9. The van der Waals surface area contributed by atoms with Gasteiger partial charge in [0.05, 0.1) is 11.9 Å². The molecule has 1 saturated carbocycles. The van der Waals surface area contributed by atoms with Crippen molar-refractivity contribution in [1.82, 2.24) is 4.98 Å². The standard InChI is InChI=1S/C13H19N3O/c1-10-6-11(9-15-8-10)16-12(17)7-13(14)4-2-3-5-13/h6,8-9H,2-5,7,14H2,1H3,(H,16,17). The summed E-state index contributed by atoms with van der Waals surface area (Å²) in [5.41, 5.74) is 7.66. The van der Waals surface area contributed by atoms with Crippen LogP contribution in [0.15, 0.2) is 18.5 Å². The van der Waals surface area contributed by atoms with Crippen molar-refractivity contribution < 1.29 is 4.79 Å². The summed E-state index contributed by atoms with van der Waals surface area (Å²) in [6, 6.07) is 1.91. The van der Waals surface area contributed by atoms with Crippen molar-refractivity contribution in [2.24, 2.45) is 5.73 Å². The Bertz CT molecular complexity index is 411. The number of nitrogens with zero attached hydrogens (tertiary/aromatic N) is 1. The molecule has 3 N–H and O–H groups in total. The van der Waals surface area contributed by atoms with Gasteiger partial charge < -0.3 is 11.1 Å². The van der Waals surface area contributed by atoms with Crippen LogP contribution in [0.4, 0.5) is 5.69 Å². The van der Waals surface area contributed by atoms with Gasteiger partial charge in [0.25, 0.3) is 0 Å². The number of carbonyl (C=O) groups is 1. The quantitative estimate of drug-likeness (QED) is 0.839. The van der Waals surface area contributed by atoms with Gasteiger partial charge in [-0.1, -0.05) is 12.8 Å². The molecular weight excluding hydrogens is 214 g/mol. The molecule has 17 heavy (non-hydrogen) atoms. The molecule has 1 fully saturated rings. The number of rotatable bonds is 3. The van der Waals surface area contributed by atoms with Crippen molar-refractivity contribution in [2.75, 3.05) is 5.32 Å². The average molecular weight is 233 g/mol. The van der Waals surface area contributed by atoms with Gasteiger partial charge in [0.1, 0.15) is 0 Å². The highest BCUT2D eigenvalue weighted by Crippen LogP contribution is 2.30. The molecule has 2 rings (SSSR count). The van der Waals surface area contributed by atoms with Gasteiger partial charge in [-0.3, -0.25) is 9.78 Å². The van der Waals surface area contributed by atoms with E-state index in [-0.39, 0.29) is 11.4 Å². The first-order chi connectivity index (χ1) is 8.07. The van der Waals surface area contributed by atoms with Gasteiger partial charge in [-0.15, -0.1) is 0 Å².